The minimum atomic E-state index is -4.32. The van der Waals surface area contributed by atoms with Gasteiger partial charge in [-0.1, -0.05) is 6.92 Å². The van der Waals surface area contributed by atoms with Gasteiger partial charge in [-0.25, -0.2) is 0 Å². The van der Waals surface area contributed by atoms with Gasteiger partial charge in [0.25, 0.3) is 0 Å². The zero-order valence-corrected chi connectivity index (χ0v) is 18.1. The van der Waals surface area contributed by atoms with Crippen LogP contribution in [0.3, 0.4) is 0 Å². The highest BCUT2D eigenvalue weighted by Crippen LogP contribution is 2.47. The van der Waals surface area contributed by atoms with Crippen LogP contribution in [-0.2, 0) is 17.3 Å². The molecule has 7 heteroatoms. The van der Waals surface area contributed by atoms with Crippen LogP contribution in [-0.4, -0.2) is 48.3 Å². The number of H-pyrrole nitrogens is 1. The van der Waals surface area contributed by atoms with Gasteiger partial charge in [0.1, 0.15) is 0 Å². The maximum Gasteiger partial charge on any atom is 0.416 e. The third-order valence-corrected chi connectivity index (χ3v) is 8.12. The molecule has 1 aromatic heterocycles. The maximum absolute atomic E-state index is 13.3. The number of fused-ring (bicyclic) bond motifs is 4. The standard InChI is InChI=1S/C24H32F3N3O/c1-15-19-14-30(9-5-23(28)6-10-31-11-7-23)8-4-16(19)12-21-22(15)18-13-17(24(25,26)27)2-3-20(18)29-21/h2-3,13,15-16,19,29H,4-12,14,28H2,1H3/t15?,16-,19-/m1/s1. The number of rotatable bonds is 3. The fourth-order valence-electron chi connectivity index (χ4n) is 6.13. The highest BCUT2D eigenvalue weighted by atomic mass is 19.4. The Labute approximate surface area is 181 Å². The van der Waals surface area contributed by atoms with E-state index in [-0.39, 0.29) is 11.5 Å². The van der Waals surface area contributed by atoms with E-state index in [9.17, 15) is 13.2 Å². The molecule has 2 aliphatic heterocycles. The molecule has 1 aliphatic carbocycles. The first kappa shape index (κ1) is 21.3. The van der Waals surface area contributed by atoms with E-state index in [4.69, 9.17) is 10.5 Å². The number of aromatic amines is 1. The first-order chi connectivity index (χ1) is 14.7. The molecule has 3 aliphatic rings. The molecule has 0 spiro atoms. The molecule has 170 valence electrons. The normalized spacial score (nSPS) is 29.0. The Morgan fingerprint density at radius 3 is 2.77 bits per heavy atom. The van der Waals surface area contributed by atoms with Gasteiger partial charge in [0.2, 0.25) is 0 Å². The summed E-state index contributed by atoms with van der Waals surface area (Å²) in [6.07, 6.45) is 0.579. The average molecular weight is 436 g/mol. The zero-order valence-electron chi connectivity index (χ0n) is 18.1. The second-order valence-electron chi connectivity index (χ2n) is 10.0. The number of ether oxygens (including phenoxy) is 1. The molecule has 2 fully saturated rings. The summed E-state index contributed by atoms with van der Waals surface area (Å²) in [5.41, 5.74) is 8.97. The van der Waals surface area contributed by atoms with Crippen LogP contribution in [0.2, 0.25) is 0 Å². The summed E-state index contributed by atoms with van der Waals surface area (Å²) in [7, 11) is 0. The Morgan fingerprint density at radius 1 is 1.26 bits per heavy atom. The molecule has 3 heterocycles. The third kappa shape index (κ3) is 4.00. The van der Waals surface area contributed by atoms with Gasteiger partial charge in [-0.15, -0.1) is 0 Å². The molecule has 2 aromatic rings. The summed E-state index contributed by atoms with van der Waals surface area (Å²) in [6.45, 7) is 6.78. The molecule has 5 rings (SSSR count). The molecule has 1 unspecified atom stereocenters. The van der Waals surface area contributed by atoms with Crippen molar-refractivity contribution in [2.45, 2.75) is 56.7 Å². The largest absolute Gasteiger partial charge is 0.416 e. The second kappa shape index (κ2) is 7.78. The first-order valence-corrected chi connectivity index (χ1v) is 11.5. The van der Waals surface area contributed by atoms with Gasteiger partial charge < -0.3 is 20.4 Å². The molecular formula is C24H32F3N3O. The topological polar surface area (TPSA) is 54.3 Å². The Balaban J connectivity index is 1.35. The van der Waals surface area contributed by atoms with E-state index in [2.05, 4.69) is 16.8 Å². The van der Waals surface area contributed by atoms with Crippen LogP contribution in [0.5, 0.6) is 0 Å². The van der Waals surface area contributed by atoms with E-state index in [1.165, 1.54) is 12.1 Å². The molecule has 0 saturated carbocycles. The van der Waals surface area contributed by atoms with Crippen LogP contribution in [0.25, 0.3) is 10.9 Å². The van der Waals surface area contributed by atoms with Crippen molar-refractivity contribution in [3.8, 4) is 0 Å². The third-order valence-electron chi connectivity index (χ3n) is 8.12. The van der Waals surface area contributed by atoms with E-state index >= 15 is 0 Å². The lowest BCUT2D eigenvalue weighted by molar-refractivity contribution is -0.137. The van der Waals surface area contributed by atoms with E-state index < -0.39 is 11.7 Å². The fourth-order valence-corrected chi connectivity index (χ4v) is 6.13. The van der Waals surface area contributed by atoms with Crippen molar-refractivity contribution in [3.05, 3.63) is 35.0 Å². The van der Waals surface area contributed by atoms with Crippen molar-refractivity contribution >= 4 is 10.9 Å². The van der Waals surface area contributed by atoms with Crippen molar-refractivity contribution in [2.24, 2.45) is 17.6 Å². The number of hydrogen-bond donors (Lipinski definition) is 2. The number of nitrogens with one attached hydrogen (secondary N) is 1. The summed E-state index contributed by atoms with van der Waals surface area (Å²) in [5.74, 6) is 1.30. The summed E-state index contributed by atoms with van der Waals surface area (Å²) in [6, 6.07) is 4.11. The van der Waals surface area contributed by atoms with Crippen LogP contribution in [0, 0.1) is 11.8 Å². The molecular weight excluding hydrogens is 403 g/mol. The SMILES string of the molecule is CC1c2c([nH]c3ccc(C(F)(F)F)cc23)C[C@H]2CCN(CCC3(N)CCOCC3)C[C@H]12. The molecule has 3 N–H and O–H groups in total. The Bertz CT molecular complexity index is 947. The molecule has 4 nitrogen and oxygen atoms in total. The smallest absolute Gasteiger partial charge is 0.381 e. The first-order valence-electron chi connectivity index (χ1n) is 11.5. The quantitative estimate of drug-likeness (QED) is 0.736. The highest BCUT2D eigenvalue weighted by molar-refractivity contribution is 5.86. The Hall–Kier alpha value is -1.57. The molecule has 3 atom stereocenters. The van der Waals surface area contributed by atoms with E-state index in [1.54, 1.807) is 6.07 Å². The van der Waals surface area contributed by atoms with E-state index in [0.717, 1.165) is 87.1 Å². The fraction of sp³-hybridized carbons (Fsp3) is 0.667. The Morgan fingerprint density at radius 2 is 2.03 bits per heavy atom. The lowest BCUT2D eigenvalue weighted by atomic mass is 9.68. The monoisotopic (exact) mass is 435 g/mol. The number of nitrogens with two attached hydrogens (primary N) is 1. The van der Waals surface area contributed by atoms with Gasteiger partial charge in [0.05, 0.1) is 5.56 Å². The molecule has 2 saturated heterocycles. The van der Waals surface area contributed by atoms with Crippen LogP contribution < -0.4 is 5.73 Å². The minimum Gasteiger partial charge on any atom is -0.381 e. The number of nitrogens with zero attached hydrogens (tertiary/aromatic N) is 1. The number of benzene rings is 1. The summed E-state index contributed by atoms with van der Waals surface area (Å²) < 4.78 is 45.4. The molecule has 31 heavy (non-hydrogen) atoms. The summed E-state index contributed by atoms with van der Waals surface area (Å²) >= 11 is 0. The van der Waals surface area contributed by atoms with Gasteiger partial charge in [-0.3, -0.25) is 0 Å². The summed E-state index contributed by atoms with van der Waals surface area (Å²) in [4.78, 5) is 5.96. The van der Waals surface area contributed by atoms with Crippen LogP contribution in [0.15, 0.2) is 18.2 Å². The minimum absolute atomic E-state index is 0.120. The lowest BCUT2D eigenvalue weighted by Gasteiger charge is -2.45. The van der Waals surface area contributed by atoms with Crippen LogP contribution >= 0.6 is 0 Å². The van der Waals surface area contributed by atoms with Gasteiger partial charge in [-0.05, 0) is 86.7 Å². The van der Waals surface area contributed by atoms with Gasteiger partial charge in [0.15, 0.2) is 0 Å². The van der Waals surface area contributed by atoms with Gasteiger partial charge in [0, 0.05) is 41.9 Å². The maximum atomic E-state index is 13.3. The van der Waals surface area contributed by atoms with Gasteiger partial charge in [-0.2, -0.15) is 13.2 Å². The second-order valence-corrected chi connectivity index (χ2v) is 10.0. The van der Waals surface area contributed by atoms with Crippen molar-refractivity contribution < 1.29 is 17.9 Å². The number of piperidine rings is 1. The predicted octanol–water partition coefficient (Wildman–Crippen LogP) is 4.68. The van der Waals surface area contributed by atoms with Crippen LogP contribution in [0.4, 0.5) is 13.2 Å². The Kier molecular flexibility index (Phi) is 5.34. The van der Waals surface area contributed by atoms with Crippen molar-refractivity contribution in [2.75, 3.05) is 32.8 Å². The van der Waals surface area contributed by atoms with Crippen molar-refractivity contribution in [1.29, 1.82) is 0 Å². The zero-order chi connectivity index (χ0) is 21.8. The predicted molar refractivity (Wildman–Crippen MR) is 115 cm³/mol. The highest BCUT2D eigenvalue weighted by Gasteiger charge is 2.41. The molecule has 1 aromatic carbocycles. The lowest BCUT2D eigenvalue weighted by Crippen LogP contribution is -2.50. The molecule has 0 radical (unpaired) electrons. The van der Waals surface area contributed by atoms with Crippen molar-refractivity contribution in [1.82, 2.24) is 9.88 Å². The number of likely N-dealkylation sites (tertiary alicyclic amines) is 1. The summed E-state index contributed by atoms with van der Waals surface area (Å²) in [5, 5.41) is 0.746. The number of hydrogen-bond acceptors (Lipinski definition) is 3. The van der Waals surface area contributed by atoms with Crippen LogP contribution in [0.1, 0.15) is 55.3 Å². The van der Waals surface area contributed by atoms with Crippen molar-refractivity contribution in [3.63, 3.8) is 0 Å². The molecule has 0 bridgehead atoms. The molecule has 0 amide bonds. The van der Waals surface area contributed by atoms with E-state index in [0.29, 0.717) is 11.8 Å². The number of aromatic nitrogens is 1. The average Bonchev–Trinajstić information content (AvgIpc) is 3.10. The van der Waals surface area contributed by atoms with Gasteiger partial charge >= 0.3 is 6.18 Å². The van der Waals surface area contributed by atoms with E-state index in [1.807, 2.05) is 0 Å². The number of halogens is 3. The number of alkyl halides is 3.